The molecule has 0 aliphatic rings. The molecule has 1 N–H and O–H groups in total. The zero-order valence-corrected chi connectivity index (χ0v) is 9.54. The predicted octanol–water partition coefficient (Wildman–Crippen LogP) is 0.481. The number of carbonyl (C=O) groups is 2. The van der Waals surface area contributed by atoms with E-state index in [1.54, 1.807) is 0 Å². The van der Waals surface area contributed by atoms with Gasteiger partial charge in [-0.2, -0.15) is 0 Å². The molecule has 0 saturated carbocycles. The third-order valence-electron chi connectivity index (χ3n) is 2.07. The van der Waals surface area contributed by atoms with E-state index in [1.807, 2.05) is 6.92 Å². The summed E-state index contributed by atoms with van der Waals surface area (Å²) in [5.74, 6) is -0.501. The average Bonchev–Trinajstić information content (AvgIpc) is 2.27. The van der Waals surface area contributed by atoms with Gasteiger partial charge in [-0.05, 0) is 19.4 Å². The molecule has 0 aromatic carbocycles. The molecule has 0 aromatic heterocycles. The zero-order chi connectivity index (χ0) is 11.7. The third kappa shape index (κ3) is 6.06. The monoisotopic (exact) mass is 217 g/mol. The molecule has 5 nitrogen and oxygen atoms in total. The summed E-state index contributed by atoms with van der Waals surface area (Å²) in [7, 11) is 2.72. The average molecular weight is 217 g/mol. The summed E-state index contributed by atoms with van der Waals surface area (Å²) in [5.41, 5.74) is 0. The van der Waals surface area contributed by atoms with Crippen molar-refractivity contribution in [3.05, 3.63) is 0 Å². The van der Waals surface area contributed by atoms with E-state index in [4.69, 9.17) is 0 Å². The van der Waals surface area contributed by atoms with Gasteiger partial charge in [-0.15, -0.1) is 0 Å². The van der Waals surface area contributed by atoms with Gasteiger partial charge in [-0.1, -0.05) is 6.92 Å². The molecular weight excluding hydrogens is 198 g/mol. The molecule has 0 saturated heterocycles. The van der Waals surface area contributed by atoms with Crippen LogP contribution < -0.4 is 5.32 Å². The van der Waals surface area contributed by atoms with Crippen molar-refractivity contribution in [3.8, 4) is 0 Å². The van der Waals surface area contributed by atoms with Gasteiger partial charge in [0, 0.05) is 6.42 Å². The minimum atomic E-state index is -0.285. The van der Waals surface area contributed by atoms with Gasteiger partial charge in [0.1, 0.15) is 6.04 Å². The molecule has 15 heavy (non-hydrogen) atoms. The maximum Gasteiger partial charge on any atom is 0.322 e. The van der Waals surface area contributed by atoms with Gasteiger partial charge in [0.05, 0.1) is 14.2 Å². The van der Waals surface area contributed by atoms with Crippen molar-refractivity contribution in [1.82, 2.24) is 5.32 Å². The Bertz CT molecular complexity index is 206. The summed E-state index contributed by atoms with van der Waals surface area (Å²) in [6, 6.07) is -0.285. The summed E-state index contributed by atoms with van der Waals surface area (Å²) >= 11 is 0. The van der Waals surface area contributed by atoms with E-state index in [9.17, 15) is 9.59 Å². The minimum absolute atomic E-state index is 0.233. The Hall–Kier alpha value is -1.10. The van der Waals surface area contributed by atoms with Crippen LogP contribution in [0.1, 0.15) is 26.2 Å². The maximum absolute atomic E-state index is 11.2. The van der Waals surface area contributed by atoms with Gasteiger partial charge in [0.25, 0.3) is 0 Å². The van der Waals surface area contributed by atoms with Crippen LogP contribution in [0.2, 0.25) is 0 Å². The van der Waals surface area contributed by atoms with Crippen molar-refractivity contribution in [2.24, 2.45) is 0 Å². The van der Waals surface area contributed by atoms with Crippen molar-refractivity contribution >= 4 is 11.9 Å². The highest BCUT2D eigenvalue weighted by molar-refractivity contribution is 5.75. The number of carbonyl (C=O) groups excluding carboxylic acids is 2. The smallest absolute Gasteiger partial charge is 0.322 e. The van der Waals surface area contributed by atoms with Crippen LogP contribution in [0.5, 0.6) is 0 Å². The van der Waals surface area contributed by atoms with Gasteiger partial charge >= 0.3 is 11.9 Å². The summed E-state index contributed by atoms with van der Waals surface area (Å²) in [6.45, 7) is 2.50. The van der Waals surface area contributed by atoms with Crippen LogP contribution in [0.15, 0.2) is 0 Å². The van der Waals surface area contributed by atoms with E-state index >= 15 is 0 Å². The Balaban J connectivity index is 3.64. The van der Waals surface area contributed by atoms with E-state index in [1.165, 1.54) is 14.2 Å². The number of methoxy groups -OCH3 is 2. The second-order valence-corrected chi connectivity index (χ2v) is 3.12. The van der Waals surface area contributed by atoms with Crippen LogP contribution in [-0.2, 0) is 19.1 Å². The number of ether oxygens (including phenoxy) is 2. The molecule has 0 aliphatic heterocycles. The first-order valence-corrected chi connectivity index (χ1v) is 5.03. The van der Waals surface area contributed by atoms with Crippen LogP contribution in [0.4, 0.5) is 0 Å². The fourth-order valence-electron chi connectivity index (χ4n) is 1.15. The van der Waals surface area contributed by atoms with Gasteiger partial charge in [0.15, 0.2) is 0 Å². The fraction of sp³-hybridized carbons (Fsp3) is 0.800. The SMILES string of the molecule is CC[C@H](NCCCC(=O)OC)C(=O)OC. The van der Waals surface area contributed by atoms with Crippen LogP contribution in [0.3, 0.4) is 0 Å². The molecule has 0 radical (unpaired) electrons. The summed E-state index contributed by atoms with van der Waals surface area (Å²) in [4.78, 5) is 21.9. The molecule has 0 rings (SSSR count). The van der Waals surface area contributed by atoms with E-state index in [2.05, 4.69) is 14.8 Å². The molecule has 5 heteroatoms. The first-order chi connectivity index (χ1) is 7.15. The number of hydrogen-bond donors (Lipinski definition) is 1. The zero-order valence-electron chi connectivity index (χ0n) is 9.54. The summed E-state index contributed by atoms with van der Waals surface area (Å²) in [6.07, 6.45) is 1.69. The van der Waals surface area contributed by atoms with Crippen LogP contribution in [0.25, 0.3) is 0 Å². The lowest BCUT2D eigenvalue weighted by Gasteiger charge is -2.13. The van der Waals surface area contributed by atoms with Gasteiger partial charge in [0.2, 0.25) is 0 Å². The van der Waals surface area contributed by atoms with E-state index in [-0.39, 0.29) is 18.0 Å². The van der Waals surface area contributed by atoms with E-state index in [0.29, 0.717) is 25.8 Å². The molecule has 0 bridgehead atoms. The largest absolute Gasteiger partial charge is 0.469 e. The molecule has 0 heterocycles. The highest BCUT2D eigenvalue weighted by Crippen LogP contribution is 1.96. The Morgan fingerprint density at radius 1 is 1.27 bits per heavy atom. The molecule has 88 valence electrons. The first kappa shape index (κ1) is 13.9. The van der Waals surface area contributed by atoms with Crippen molar-refractivity contribution in [2.45, 2.75) is 32.2 Å². The second-order valence-electron chi connectivity index (χ2n) is 3.12. The van der Waals surface area contributed by atoms with Gasteiger partial charge in [-0.3, -0.25) is 9.59 Å². The highest BCUT2D eigenvalue weighted by Gasteiger charge is 2.15. The molecule has 0 amide bonds. The standard InChI is InChI=1S/C10H19NO4/c1-4-8(10(13)15-3)11-7-5-6-9(12)14-2/h8,11H,4-7H2,1-3H3/t8-/m0/s1. The Kier molecular flexibility index (Phi) is 7.62. The Labute approximate surface area is 90.1 Å². The summed E-state index contributed by atoms with van der Waals surface area (Å²) in [5, 5.41) is 3.02. The lowest BCUT2D eigenvalue weighted by atomic mass is 10.2. The van der Waals surface area contributed by atoms with E-state index in [0.717, 1.165) is 0 Å². The Morgan fingerprint density at radius 2 is 1.93 bits per heavy atom. The second kappa shape index (κ2) is 8.23. The van der Waals surface area contributed by atoms with Crippen molar-refractivity contribution in [3.63, 3.8) is 0 Å². The van der Waals surface area contributed by atoms with Crippen molar-refractivity contribution in [2.75, 3.05) is 20.8 Å². The summed E-state index contributed by atoms with van der Waals surface area (Å²) < 4.78 is 9.10. The molecule has 0 spiro atoms. The van der Waals surface area contributed by atoms with Crippen molar-refractivity contribution in [1.29, 1.82) is 0 Å². The number of esters is 2. The van der Waals surface area contributed by atoms with Gasteiger partial charge in [-0.25, -0.2) is 0 Å². The minimum Gasteiger partial charge on any atom is -0.469 e. The molecule has 0 aliphatic carbocycles. The molecule has 0 unspecified atom stereocenters. The quantitative estimate of drug-likeness (QED) is 0.496. The normalized spacial score (nSPS) is 11.9. The van der Waals surface area contributed by atoms with Crippen LogP contribution >= 0.6 is 0 Å². The molecule has 0 fully saturated rings. The van der Waals surface area contributed by atoms with Crippen molar-refractivity contribution < 1.29 is 19.1 Å². The number of rotatable bonds is 7. The van der Waals surface area contributed by atoms with E-state index < -0.39 is 0 Å². The van der Waals surface area contributed by atoms with Crippen LogP contribution in [-0.4, -0.2) is 38.7 Å². The van der Waals surface area contributed by atoms with Gasteiger partial charge < -0.3 is 14.8 Å². The highest BCUT2D eigenvalue weighted by atomic mass is 16.5. The third-order valence-corrected chi connectivity index (χ3v) is 2.07. The topological polar surface area (TPSA) is 64.6 Å². The predicted molar refractivity (Wildman–Crippen MR) is 55.3 cm³/mol. The molecular formula is C10H19NO4. The lowest BCUT2D eigenvalue weighted by Crippen LogP contribution is -2.37. The molecule has 1 atom stereocenters. The maximum atomic E-state index is 11.2. The lowest BCUT2D eigenvalue weighted by molar-refractivity contribution is -0.143. The van der Waals surface area contributed by atoms with Crippen LogP contribution in [0, 0.1) is 0 Å². The Morgan fingerprint density at radius 3 is 2.40 bits per heavy atom. The number of nitrogens with one attached hydrogen (secondary N) is 1. The molecule has 0 aromatic rings. The first-order valence-electron chi connectivity index (χ1n) is 5.03. The fourth-order valence-corrected chi connectivity index (χ4v) is 1.15. The number of hydrogen-bond acceptors (Lipinski definition) is 5.